The third kappa shape index (κ3) is 4.78. The predicted molar refractivity (Wildman–Crippen MR) is 120 cm³/mol. The molecule has 0 saturated heterocycles. The summed E-state index contributed by atoms with van der Waals surface area (Å²) in [5.41, 5.74) is 3.79. The smallest absolute Gasteiger partial charge is 0.257 e. The van der Waals surface area contributed by atoms with Crippen LogP contribution in [-0.4, -0.2) is 29.2 Å². The average Bonchev–Trinajstić information content (AvgIpc) is 3.23. The highest BCUT2D eigenvalue weighted by Gasteiger charge is 2.29. The van der Waals surface area contributed by atoms with Crippen molar-refractivity contribution in [3.8, 4) is 0 Å². The van der Waals surface area contributed by atoms with Crippen LogP contribution in [0.4, 0.5) is 4.39 Å². The zero-order valence-electron chi connectivity index (χ0n) is 17.1. The lowest BCUT2D eigenvalue weighted by molar-refractivity contribution is 0.0402. The molecule has 31 heavy (non-hydrogen) atoms. The number of hydrogen-bond acceptors (Lipinski definition) is 3. The minimum absolute atomic E-state index is 0.0209. The van der Waals surface area contributed by atoms with E-state index in [-0.39, 0.29) is 24.8 Å². The van der Waals surface area contributed by atoms with E-state index in [0.29, 0.717) is 11.4 Å². The summed E-state index contributed by atoms with van der Waals surface area (Å²) < 4.78 is 14.3. The summed E-state index contributed by atoms with van der Waals surface area (Å²) >= 11 is 6.32. The molecule has 0 bridgehead atoms. The molecule has 0 aliphatic carbocycles. The molecule has 0 saturated carbocycles. The normalized spacial score (nSPS) is 15.3. The van der Waals surface area contributed by atoms with Gasteiger partial charge in [0.15, 0.2) is 6.10 Å². The lowest BCUT2D eigenvalue weighted by Gasteiger charge is -2.25. The van der Waals surface area contributed by atoms with Crippen LogP contribution in [0.1, 0.15) is 33.5 Å². The van der Waals surface area contributed by atoms with Crippen molar-refractivity contribution in [1.29, 1.82) is 0 Å². The number of hydrogen-bond donors (Lipinski definition) is 0. The molecule has 6 heteroatoms. The van der Waals surface area contributed by atoms with E-state index in [4.69, 9.17) is 16.4 Å². The number of nitrogens with zero attached hydrogens (tertiary/aromatic N) is 2. The molecule has 1 atom stereocenters. The van der Waals surface area contributed by atoms with Gasteiger partial charge in [-0.15, -0.1) is 0 Å². The topological polar surface area (TPSA) is 41.9 Å². The Kier molecular flexibility index (Phi) is 6.33. The maximum absolute atomic E-state index is 14.3. The summed E-state index contributed by atoms with van der Waals surface area (Å²) in [6.45, 7) is 2.53. The van der Waals surface area contributed by atoms with E-state index >= 15 is 0 Å². The molecular formula is C25H22ClFN2O2. The molecule has 0 unspecified atom stereocenters. The first kappa shape index (κ1) is 21.1. The first-order chi connectivity index (χ1) is 15.0. The van der Waals surface area contributed by atoms with Crippen LogP contribution in [0.3, 0.4) is 0 Å². The van der Waals surface area contributed by atoms with E-state index in [1.807, 2.05) is 49.4 Å². The van der Waals surface area contributed by atoms with E-state index in [1.54, 1.807) is 23.1 Å². The third-order valence-corrected chi connectivity index (χ3v) is 5.69. The van der Waals surface area contributed by atoms with E-state index in [2.05, 4.69) is 5.16 Å². The van der Waals surface area contributed by atoms with Crippen molar-refractivity contribution < 1.29 is 14.0 Å². The van der Waals surface area contributed by atoms with Crippen molar-refractivity contribution in [3.63, 3.8) is 0 Å². The number of carbonyl (C=O) groups is 1. The fraction of sp³-hybridized carbons (Fsp3) is 0.200. The van der Waals surface area contributed by atoms with Crippen molar-refractivity contribution >= 4 is 23.2 Å². The molecule has 0 spiro atoms. The number of rotatable bonds is 6. The number of amides is 1. The lowest BCUT2D eigenvalue weighted by atomic mass is 10.00. The monoisotopic (exact) mass is 436 g/mol. The van der Waals surface area contributed by atoms with Crippen molar-refractivity contribution in [2.75, 3.05) is 6.54 Å². The standard InChI is InChI=1S/C25H22ClFN2O2/c1-17-8-2-4-10-20(17)24-14-19(31-28-24)16-29(15-18-9-3-6-12-22(18)26)25(30)21-11-5-7-13-23(21)27/h2-13,19H,14-16H2,1H3/t19-/m0/s1. The molecular weight excluding hydrogens is 415 g/mol. The Hall–Kier alpha value is -3.18. The molecule has 4 nitrogen and oxygen atoms in total. The van der Waals surface area contributed by atoms with E-state index in [9.17, 15) is 9.18 Å². The third-order valence-electron chi connectivity index (χ3n) is 5.32. The largest absolute Gasteiger partial charge is 0.390 e. The highest BCUT2D eigenvalue weighted by Crippen LogP contribution is 2.24. The number of aryl methyl sites for hydroxylation is 1. The van der Waals surface area contributed by atoms with Gasteiger partial charge >= 0.3 is 0 Å². The molecule has 4 rings (SSSR count). The highest BCUT2D eigenvalue weighted by molar-refractivity contribution is 6.31. The Balaban J connectivity index is 1.55. The summed E-state index contributed by atoms with van der Waals surface area (Å²) in [5, 5.41) is 4.81. The van der Waals surface area contributed by atoms with Gasteiger partial charge in [-0.3, -0.25) is 4.79 Å². The van der Waals surface area contributed by atoms with Crippen molar-refractivity contribution in [2.45, 2.75) is 26.0 Å². The predicted octanol–water partition coefficient (Wildman–Crippen LogP) is 5.62. The molecule has 1 amide bonds. The van der Waals surface area contributed by atoms with Crippen LogP contribution < -0.4 is 0 Å². The summed E-state index contributed by atoms with van der Waals surface area (Å²) in [6.07, 6.45) is 0.238. The second-order valence-electron chi connectivity index (χ2n) is 7.54. The molecule has 1 aliphatic heterocycles. The van der Waals surface area contributed by atoms with Gasteiger partial charge in [-0.2, -0.15) is 0 Å². The zero-order chi connectivity index (χ0) is 21.8. The van der Waals surface area contributed by atoms with Gasteiger partial charge in [0.2, 0.25) is 0 Å². The van der Waals surface area contributed by atoms with Crippen LogP contribution in [0.25, 0.3) is 0 Å². The molecule has 0 N–H and O–H groups in total. The van der Waals surface area contributed by atoms with Gasteiger partial charge in [0, 0.05) is 23.6 Å². The summed E-state index contributed by atoms with van der Waals surface area (Å²) in [7, 11) is 0. The van der Waals surface area contributed by atoms with Gasteiger partial charge in [0.05, 0.1) is 17.8 Å². The lowest BCUT2D eigenvalue weighted by Crippen LogP contribution is -2.37. The van der Waals surface area contributed by atoms with Crippen LogP contribution in [0.15, 0.2) is 78.0 Å². The summed E-state index contributed by atoms with van der Waals surface area (Å²) in [5.74, 6) is -0.966. The van der Waals surface area contributed by atoms with Gasteiger partial charge in [-0.25, -0.2) is 4.39 Å². The Morgan fingerprint density at radius 3 is 2.58 bits per heavy atom. The first-order valence-electron chi connectivity index (χ1n) is 10.1. The first-order valence-corrected chi connectivity index (χ1v) is 10.5. The fourth-order valence-electron chi connectivity index (χ4n) is 3.68. The van der Waals surface area contributed by atoms with Crippen LogP contribution >= 0.6 is 11.6 Å². The summed E-state index contributed by atoms with van der Waals surface area (Å²) in [6, 6.07) is 21.3. The number of benzene rings is 3. The van der Waals surface area contributed by atoms with Crippen LogP contribution in [0, 0.1) is 12.7 Å². The van der Waals surface area contributed by atoms with Gasteiger partial charge < -0.3 is 9.74 Å². The molecule has 3 aromatic rings. The second-order valence-corrected chi connectivity index (χ2v) is 7.95. The fourth-order valence-corrected chi connectivity index (χ4v) is 3.88. The van der Waals surface area contributed by atoms with Gasteiger partial charge in [-0.1, -0.05) is 71.4 Å². The quantitative estimate of drug-likeness (QED) is 0.503. The van der Waals surface area contributed by atoms with Crippen LogP contribution in [0.2, 0.25) is 5.02 Å². The molecule has 1 aliphatic rings. The molecule has 0 radical (unpaired) electrons. The zero-order valence-corrected chi connectivity index (χ0v) is 17.8. The van der Waals surface area contributed by atoms with Gasteiger partial charge in [0.25, 0.3) is 5.91 Å². The maximum atomic E-state index is 14.3. The SMILES string of the molecule is Cc1ccccc1C1=NO[C@H](CN(Cc2ccccc2Cl)C(=O)c2ccccc2F)C1. The molecule has 0 fully saturated rings. The maximum Gasteiger partial charge on any atom is 0.257 e. The minimum atomic E-state index is -0.555. The minimum Gasteiger partial charge on any atom is -0.390 e. The van der Waals surface area contributed by atoms with Crippen molar-refractivity contribution in [2.24, 2.45) is 5.16 Å². The Morgan fingerprint density at radius 2 is 1.81 bits per heavy atom. The van der Waals surface area contributed by atoms with Gasteiger partial charge in [0.1, 0.15) is 5.82 Å². The van der Waals surface area contributed by atoms with Crippen LogP contribution in [0.5, 0.6) is 0 Å². The second kappa shape index (κ2) is 9.31. The van der Waals surface area contributed by atoms with Crippen molar-refractivity contribution in [1.82, 2.24) is 4.90 Å². The van der Waals surface area contributed by atoms with Gasteiger partial charge in [-0.05, 0) is 36.2 Å². The Labute approximate surface area is 185 Å². The number of halogens is 2. The molecule has 3 aromatic carbocycles. The summed E-state index contributed by atoms with van der Waals surface area (Å²) in [4.78, 5) is 20.5. The van der Waals surface area contributed by atoms with E-state index in [1.165, 1.54) is 12.1 Å². The van der Waals surface area contributed by atoms with E-state index < -0.39 is 11.7 Å². The Bertz CT molecular complexity index is 1130. The Morgan fingerprint density at radius 1 is 1.10 bits per heavy atom. The van der Waals surface area contributed by atoms with Crippen LogP contribution in [-0.2, 0) is 11.4 Å². The molecule has 158 valence electrons. The molecule has 0 aromatic heterocycles. The molecule has 1 heterocycles. The van der Waals surface area contributed by atoms with E-state index in [0.717, 1.165) is 22.4 Å². The number of oxime groups is 1. The average molecular weight is 437 g/mol. The highest BCUT2D eigenvalue weighted by atomic mass is 35.5. The van der Waals surface area contributed by atoms with Crippen molar-refractivity contribution in [3.05, 3.63) is 106 Å². The number of carbonyl (C=O) groups excluding carboxylic acids is 1.